The second-order valence-corrected chi connectivity index (χ2v) is 11.5. The first kappa shape index (κ1) is 27.5. The van der Waals surface area contributed by atoms with E-state index in [9.17, 15) is 14.7 Å². The number of aromatic nitrogens is 2. The fraction of sp³-hybridized carbons (Fsp3) is 0.481. The number of aliphatic hydroxyl groups excluding tert-OH is 1. The lowest BCUT2D eigenvalue weighted by Gasteiger charge is -2.43. The van der Waals surface area contributed by atoms with Crippen molar-refractivity contribution in [3.05, 3.63) is 47.2 Å². The maximum atomic E-state index is 13.6. The van der Waals surface area contributed by atoms with Crippen LogP contribution in [0, 0.1) is 0 Å². The number of hydrogen-bond acceptors (Lipinski definition) is 12. The van der Waals surface area contributed by atoms with Crippen molar-refractivity contribution in [2.75, 3.05) is 26.8 Å². The van der Waals surface area contributed by atoms with Gasteiger partial charge in [-0.2, -0.15) is 0 Å². The summed E-state index contributed by atoms with van der Waals surface area (Å²) in [6.45, 7) is 4.98. The van der Waals surface area contributed by atoms with E-state index in [0.717, 1.165) is 12.0 Å². The van der Waals surface area contributed by atoms with Crippen molar-refractivity contribution in [3.8, 4) is 11.6 Å². The Labute approximate surface area is 241 Å². The molecule has 1 spiro atoms. The molecule has 1 saturated heterocycles. The zero-order valence-corrected chi connectivity index (χ0v) is 23.5. The number of carbonyl (C=O) groups excluding carboxylic acids is 2. The molecule has 5 atom stereocenters. The third-order valence-electron chi connectivity index (χ3n) is 8.57. The number of nitrogens with zero attached hydrogens (tertiary/aromatic N) is 4. The van der Waals surface area contributed by atoms with Gasteiger partial charge in [0.2, 0.25) is 11.5 Å². The van der Waals surface area contributed by atoms with Gasteiger partial charge in [0.15, 0.2) is 17.7 Å². The molecule has 1 aromatic carbocycles. The predicted molar refractivity (Wildman–Crippen MR) is 150 cm³/mol. The Balaban J connectivity index is 1.21. The van der Waals surface area contributed by atoms with Gasteiger partial charge in [0.25, 0.3) is 11.8 Å². The Morgan fingerprint density at radius 3 is 2.79 bits per heavy atom. The Morgan fingerprint density at radius 1 is 1.24 bits per heavy atom. The maximum absolute atomic E-state index is 13.6. The first-order chi connectivity index (χ1) is 20.0. The number of fused-ring (bicyclic) bond motifs is 1. The lowest BCUT2D eigenvalue weighted by molar-refractivity contribution is -0.513. The van der Waals surface area contributed by atoms with Crippen LogP contribution >= 0.6 is 0 Å². The summed E-state index contributed by atoms with van der Waals surface area (Å²) in [7, 11) is 1.46. The third-order valence-corrected chi connectivity index (χ3v) is 8.57. The number of carbonyl (C=O) groups is 2. The van der Waals surface area contributed by atoms with Crippen molar-refractivity contribution < 1.29 is 29.2 Å². The molecule has 15 heteroatoms. The summed E-state index contributed by atoms with van der Waals surface area (Å²) in [6, 6.07) is 6.61. The molecular formula is C27H35N10O5+. The number of para-hydroxylation sites is 1. The molecule has 0 bridgehead atoms. The average Bonchev–Trinajstić information content (AvgIpc) is 3.47. The molecule has 2 aromatic rings. The first-order valence-electron chi connectivity index (χ1n) is 13.7. The van der Waals surface area contributed by atoms with E-state index in [1.807, 2.05) is 12.1 Å². The SMILES string of the molecule is COc1ccc(C(=O)NC[C@@H]2N=C(N)N3CC(NC(=O)c4cccc5c4OCCC5(C)C)[C@@H](O)[C@@]34NC(N)=[NH+][C@@H]24)nn1. The molecule has 2 amide bonds. The molecule has 5 heterocycles. The number of guanidine groups is 2. The van der Waals surface area contributed by atoms with Crippen LogP contribution in [0.3, 0.4) is 0 Å². The van der Waals surface area contributed by atoms with Gasteiger partial charge >= 0.3 is 5.96 Å². The van der Waals surface area contributed by atoms with Crippen LogP contribution in [0.5, 0.6) is 11.6 Å². The van der Waals surface area contributed by atoms with E-state index in [2.05, 4.69) is 50.0 Å². The van der Waals surface area contributed by atoms with Gasteiger partial charge in [-0.1, -0.05) is 26.0 Å². The van der Waals surface area contributed by atoms with Crippen molar-refractivity contribution in [3.63, 3.8) is 0 Å². The van der Waals surface area contributed by atoms with Crippen LogP contribution < -0.4 is 41.9 Å². The number of aliphatic imine (C=N–C) groups is 1. The zero-order chi connectivity index (χ0) is 29.8. The minimum absolute atomic E-state index is 0.0580. The predicted octanol–water partition coefficient (Wildman–Crippen LogP) is -3.49. The van der Waals surface area contributed by atoms with Crippen molar-refractivity contribution >= 4 is 23.7 Å². The summed E-state index contributed by atoms with van der Waals surface area (Å²) >= 11 is 0. The standard InChI is InChI=1S/C27H34N10O5/c1-26(2)9-10-42-19-13(5-4-6-14(19)26)22(39)31-17-12-37-25(29)32-16(20-27(37,21(17)38)34-24(28)33-20)11-30-23(40)15-7-8-18(41-3)36-35-15/h4-8,16-17,20-21,38H,9-12H2,1-3H3,(H2,29,32)(H,30,40)(H,31,39)(H3,28,33,34)/p+1/t16-,17?,20-,21+,27-/m0/s1. The van der Waals surface area contributed by atoms with Gasteiger partial charge in [-0.15, -0.1) is 10.2 Å². The Kier molecular flexibility index (Phi) is 6.55. The van der Waals surface area contributed by atoms with Crippen LogP contribution in [0.1, 0.15) is 46.7 Å². The van der Waals surface area contributed by atoms with Gasteiger partial charge in [0, 0.05) is 24.7 Å². The summed E-state index contributed by atoms with van der Waals surface area (Å²) in [5.41, 5.74) is 12.7. The van der Waals surface area contributed by atoms with E-state index in [1.54, 1.807) is 11.0 Å². The molecule has 6 rings (SSSR count). The number of ether oxygens (including phenoxy) is 2. The van der Waals surface area contributed by atoms with Gasteiger partial charge in [0.1, 0.15) is 17.9 Å². The summed E-state index contributed by atoms with van der Waals surface area (Å²) in [4.78, 5) is 35.8. The van der Waals surface area contributed by atoms with E-state index in [0.29, 0.717) is 17.9 Å². The minimum Gasteiger partial charge on any atom is -0.492 e. The zero-order valence-electron chi connectivity index (χ0n) is 23.5. The monoisotopic (exact) mass is 579 g/mol. The van der Waals surface area contributed by atoms with E-state index < -0.39 is 35.8 Å². The van der Waals surface area contributed by atoms with Crippen LogP contribution in [0.25, 0.3) is 0 Å². The number of nitrogens with two attached hydrogens (primary N) is 2. The summed E-state index contributed by atoms with van der Waals surface area (Å²) in [6.07, 6.45) is -0.313. The molecule has 4 aliphatic heterocycles. The molecular weight excluding hydrogens is 544 g/mol. The minimum atomic E-state index is -1.22. The smallest absolute Gasteiger partial charge is 0.343 e. The van der Waals surface area contributed by atoms with Gasteiger partial charge < -0.3 is 35.8 Å². The first-order valence-corrected chi connectivity index (χ1v) is 13.7. The largest absolute Gasteiger partial charge is 0.492 e. The average molecular weight is 580 g/mol. The Bertz CT molecular complexity index is 1480. The topological polar surface area (TPSA) is 216 Å². The molecule has 42 heavy (non-hydrogen) atoms. The number of nitrogens with one attached hydrogen (secondary N) is 4. The molecule has 1 fully saturated rings. The maximum Gasteiger partial charge on any atom is 0.343 e. The van der Waals surface area contributed by atoms with Crippen molar-refractivity contribution in [1.82, 2.24) is 31.0 Å². The molecule has 0 radical (unpaired) electrons. The number of hydrogen-bond donors (Lipinski definition) is 7. The number of aliphatic hydroxyl groups is 1. The van der Waals surface area contributed by atoms with Crippen molar-refractivity contribution in [2.45, 2.75) is 55.6 Å². The third kappa shape index (κ3) is 4.31. The van der Waals surface area contributed by atoms with E-state index in [4.69, 9.17) is 20.9 Å². The van der Waals surface area contributed by atoms with Crippen LogP contribution in [0.15, 0.2) is 35.3 Å². The highest BCUT2D eigenvalue weighted by Crippen LogP contribution is 2.41. The molecule has 1 unspecified atom stereocenters. The van der Waals surface area contributed by atoms with E-state index in [1.165, 1.54) is 19.2 Å². The molecule has 1 aromatic heterocycles. The Morgan fingerprint density at radius 2 is 2.05 bits per heavy atom. The van der Waals surface area contributed by atoms with Crippen LogP contribution in [0.2, 0.25) is 0 Å². The van der Waals surface area contributed by atoms with Gasteiger partial charge in [0.05, 0.1) is 25.3 Å². The highest BCUT2D eigenvalue weighted by atomic mass is 16.5. The summed E-state index contributed by atoms with van der Waals surface area (Å²) in [5, 5.41) is 28.4. The highest BCUT2D eigenvalue weighted by molar-refractivity contribution is 5.98. The Hall–Kier alpha value is -4.66. The van der Waals surface area contributed by atoms with Crippen LogP contribution in [-0.4, -0.2) is 101 Å². The normalized spacial score (nSPS) is 28.6. The van der Waals surface area contributed by atoms with E-state index in [-0.39, 0.29) is 47.9 Å². The second-order valence-electron chi connectivity index (χ2n) is 11.5. The molecule has 0 aliphatic carbocycles. The van der Waals surface area contributed by atoms with Crippen molar-refractivity contribution in [1.29, 1.82) is 0 Å². The summed E-state index contributed by atoms with van der Waals surface area (Å²) in [5.74, 6) is 0.356. The quantitative estimate of drug-likeness (QED) is 0.178. The van der Waals surface area contributed by atoms with Crippen molar-refractivity contribution in [2.24, 2.45) is 16.5 Å². The lowest BCUT2D eigenvalue weighted by Crippen LogP contribution is -2.88. The lowest BCUT2D eigenvalue weighted by atomic mass is 9.79. The fourth-order valence-corrected chi connectivity index (χ4v) is 6.32. The molecule has 0 saturated carbocycles. The molecule has 15 nitrogen and oxygen atoms in total. The number of methoxy groups -OCH3 is 1. The summed E-state index contributed by atoms with van der Waals surface area (Å²) < 4.78 is 10.9. The van der Waals surface area contributed by atoms with Gasteiger partial charge in [-0.05, 0) is 24.0 Å². The second kappa shape index (κ2) is 10.0. The van der Waals surface area contributed by atoms with E-state index >= 15 is 0 Å². The molecule has 222 valence electrons. The number of benzene rings is 1. The molecule has 9 N–H and O–H groups in total. The fourth-order valence-electron chi connectivity index (χ4n) is 6.32. The number of amides is 2. The highest BCUT2D eigenvalue weighted by Gasteiger charge is 2.68. The van der Waals surface area contributed by atoms with Crippen LogP contribution in [0.4, 0.5) is 0 Å². The van der Waals surface area contributed by atoms with Gasteiger partial charge in [-0.25, -0.2) is 10.3 Å². The number of rotatable bonds is 6. The molecule has 4 aliphatic rings. The van der Waals surface area contributed by atoms with Gasteiger partial charge in [-0.3, -0.25) is 20.3 Å². The van der Waals surface area contributed by atoms with Crippen LogP contribution in [-0.2, 0) is 5.41 Å².